The molecule has 0 amide bonds. The third kappa shape index (κ3) is 8.80. The summed E-state index contributed by atoms with van der Waals surface area (Å²) in [4.78, 5) is 6.44. The normalized spacial score (nSPS) is 10.9. The molecule has 1 rings (SSSR count). The molecular weight excluding hydrogens is 375 g/mol. The van der Waals surface area contributed by atoms with Crippen LogP contribution in [0.25, 0.3) is 0 Å². The van der Waals surface area contributed by atoms with Crippen LogP contribution in [0.5, 0.6) is 0 Å². The van der Waals surface area contributed by atoms with Crippen molar-refractivity contribution in [2.45, 2.75) is 39.2 Å². The molecule has 0 aliphatic rings. The number of anilines is 1. The molecule has 0 atom stereocenters. The molecule has 0 heterocycles. The zero-order chi connectivity index (χ0) is 14.8. The van der Waals surface area contributed by atoms with Crippen LogP contribution in [0, 0.1) is 0 Å². The van der Waals surface area contributed by atoms with E-state index in [0.29, 0.717) is 12.5 Å². The number of nitrogens with zero attached hydrogens (tertiary/aromatic N) is 2. The van der Waals surface area contributed by atoms with E-state index >= 15 is 0 Å². The fourth-order valence-corrected chi connectivity index (χ4v) is 1.90. The zero-order valence-corrected chi connectivity index (χ0v) is 15.8. The Morgan fingerprint density at radius 2 is 1.81 bits per heavy atom. The number of benzene rings is 1. The van der Waals surface area contributed by atoms with Gasteiger partial charge in [0.05, 0.1) is 6.54 Å². The monoisotopic (exact) mass is 404 g/mol. The molecule has 120 valence electrons. The van der Waals surface area contributed by atoms with Gasteiger partial charge < -0.3 is 16.0 Å². The van der Waals surface area contributed by atoms with Crippen LogP contribution in [0.2, 0.25) is 0 Å². The van der Waals surface area contributed by atoms with E-state index in [4.69, 9.17) is 5.73 Å². The van der Waals surface area contributed by atoms with Gasteiger partial charge in [0.15, 0.2) is 5.96 Å². The van der Waals surface area contributed by atoms with E-state index in [2.05, 4.69) is 46.4 Å². The number of halogens is 1. The summed E-state index contributed by atoms with van der Waals surface area (Å²) < 4.78 is 0. The smallest absolute Gasteiger partial charge is 0.188 e. The van der Waals surface area contributed by atoms with Gasteiger partial charge >= 0.3 is 0 Å². The van der Waals surface area contributed by atoms with Crippen LogP contribution in [0.1, 0.15) is 38.2 Å². The number of aliphatic imine (C=N–C) groups is 1. The summed E-state index contributed by atoms with van der Waals surface area (Å²) in [7, 11) is 4.07. The molecule has 0 saturated heterocycles. The Labute approximate surface area is 146 Å². The maximum atomic E-state index is 5.85. The zero-order valence-electron chi connectivity index (χ0n) is 13.4. The Hall–Kier alpha value is -0.980. The molecule has 0 spiro atoms. The quantitative estimate of drug-likeness (QED) is 0.302. The highest BCUT2D eigenvalue weighted by molar-refractivity contribution is 14.0. The van der Waals surface area contributed by atoms with Crippen molar-refractivity contribution in [3.63, 3.8) is 0 Å². The number of nitrogens with two attached hydrogens (primary N) is 1. The van der Waals surface area contributed by atoms with Gasteiger partial charge in [-0.05, 0) is 24.1 Å². The molecule has 21 heavy (non-hydrogen) atoms. The van der Waals surface area contributed by atoms with Crippen molar-refractivity contribution in [1.82, 2.24) is 5.32 Å². The topological polar surface area (TPSA) is 53.6 Å². The summed E-state index contributed by atoms with van der Waals surface area (Å²) in [5, 5.41) is 3.16. The lowest BCUT2D eigenvalue weighted by Gasteiger charge is -2.12. The second-order valence-corrected chi connectivity index (χ2v) is 5.25. The van der Waals surface area contributed by atoms with E-state index in [1.165, 1.54) is 30.5 Å². The first-order valence-electron chi connectivity index (χ1n) is 7.43. The minimum atomic E-state index is 0. The number of hydrogen-bond donors (Lipinski definition) is 2. The second-order valence-electron chi connectivity index (χ2n) is 5.25. The van der Waals surface area contributed by atoms with Crippen molar-refractivity contribution in [1.29, 1.82) is 0 Å². The molecule has 3 N–H and O–H groups in total. The highest BCUT2D eigenvalue weighted by Gasteiger charge is 1.96. The van der Waals surface area contributed by atoms with E-state index in [0.717, 1.165) is 13.0 Å². The van der Waals surface area contributed by atoms with Crippen LogP contribution in [0.15, 0.2) is 29.3 Å². The standard InChI is InChI=1S/C16H28N4.HI/c1-4-5-6-7-12-18-16(17)19-13-14-8-10-15(11-9-14)20(2)3;/h8-11H,4-7,12-13H2,1-3H3,(H3,17,18,19);1H. The van der Waals surface area contributed by atoms with Gasteiger partial charge in [-0.2, -0.15) is 0 Å². The summed E-state index contributed by atoms with van der Waals surface area (Å²) in [5.41, 5.74) is 8.21. The van der Waals surface area contributed by atoms with Crippen LogP contribution < -0.4 is 16.0 Å². The lowest BCUT2D eigenvalue weighted by Crippen LogP contribution is -2.32. The highest BCUT2D eigenvalue weighted by Crippen LogP contribution is 2.12. The highest BCUT2D eigenvalue weighted by atomic mass is 127. The number of unbranched alkanes of at least 4 members (excludes halogenated alkanes) is 3. The summed E-state index contributed by atoms with van der Waals surface area (Å²) in [6.45, 7) is 3.75. The average Bonchev–Trinajstić information content (AvgIpc) is 2.45. The average molecular weight is 404 g/mol. The van der Waals surface area contributed by atoms with Gasteiger partial charge in [-0.15, -0.1) is 24.0 Å². The maximum absolute atomic E-state index is 5.85. The van der Waals surface area contributed by atoms with Gasteiger partial charge in [-0.3, -0.25) is 0 Å². The van der Waals surface area contributed by atoms with Crippen molar-refractivity contribution in [3.05, 3.63) is 29.8 Å². The van der Waals surface area contributed by atoms with Crippen LogP contribution in [-0.2, 0) is 6.54 Å². The number of guanidine groups is 1. The van der Waals surface area contributed by atoms with Gasteiger partial charge in [0.2, 0.25) is 0 Å². The van der Waals surface area contributed by atoms with Gasteiger partial charge in [-0.1, -0.05) is 38.3 Å². The second kappa shape index (κ2) is 11.7. The van der Waals surface area contributed by atoms with Crippen LogP contribution >= 0.6 is 24.0 Å². The van der Waals surface area contributed by atoms with E-state index in [9.17, 15) is 0 Å². The summed E-state index contributed by atoms with van der Waals surface area (Å²) >= 11 is 0. The van der Waals surface area contributed by atoms with Crippen molar-refractivity contribution >= 4 is 35.6 Å². The lowest BCUT2D eigenvalue weighted by molar-refractivity contribution is 0.652. The number of rotatable bonds is 8. The molecule has 0 aromatic heterocycles. The Kier molecular flexibility index (Phi) is 11.1. The van der Waals surface area contributed by atoms with Crippen molar-refractivity contribution in [2.75, 3.05) is 25.5 Å². The predicted octanol–water partition coefficient (Wildman–Crippen LogP) is 3.36. The first-order valence-corrected chi connectivity index (χ1v) is 7.43. The molecule has 4 nitrogen and oxygen atoms in total. The van der Waals surface area contributed by atoms with Crippen LogP contribution in [-0.4, -0.2) is 26.6 Å². The molecule has 0 fully saturated rings. The summed E-state index contributed by atoms with van der Waals surface area (Å²) in [6, 6.07) is 8.37. The van der Waals surface area contributed by atoms with Gasteiger partial charge in [0.1, 0.15) is 0 Å². The lowest BCUT2D eigenvalue weighted by atomic mass is 10.2. The maximum Gasteiger partial charge on any atom is 0.188 e. The summed E-state index contributed by atoms with van der Waals surface area (Å²) in [6.07, 6.45) is 4.95. The Morgan fingerprint density at radius 3 is 2.38 bits per heavy atom. The third-order valence-electron chi connectivity index (χ3n) is 3.22. The molecular formula is C16H29IN4. The van der Waals surface area contributed by atoms with Crippen LogP contribution in [0.4, 0.5) is 5.69 Å². The van der Waals surface area contributed by atoms with Gasteiger partial charge in [0, 0.05) is 26.3 Å². The molecule has 0 aliphatic carbocycles. The molecule has 0 radical (unpaired) electrons. The van der Waals surface area contributed by atoms with E-state index in [-0.39, 0.29) is 24.0 Å². The SMILES string of the molecule is CCCCCCNC(N)=NCc1ccc(N(C)C)cc1.I. The molecule has 0 aliphatic heterocycles. The fraction of sp³-hybridized carbons (Fsp3) is 0.562. The molecule has 0 unspecified atom stereocenters. The van der Waals surface area contributed by atoms with Gasteiger partial charge in [0.25, 0.3) is 0 Å². The molecule has 1 aromatic rings. The van der Waals surface area contributed by atoms with Gasteiger partial charge in [-0.25, -0.2) is 4.99 Å². The third-order valence-corrected chi connectivity index (χ3v) is 3.22. The molecule has 1 aromatic carbocycles. The van der Waals surface area contributed by atoms with Crippen LogP contribution in [0.3, 0.4) is 0 Å². The molecule has 0 saturated carbocycles. The Bertz CT molecular complexity index is 401. The molecule has 0 bridgehead atoms. The summed E-state index contributed by atoms with van der Waals surface area (Å²) in [5.74, 6) is 0.540. The van der Waals surface area contributed by atoms with Crippen molar-refractivity contribution < 1.29 is 0 Å². The van der Waals surface area contributed by atoms with E-state index in [1.54, 1.807) is 0 Å². The largest absolute Gasteiger partial charge is 0.378 e. The minimum Gasteiger partial charge on any atom is -0.378 e. The predicted molar refractivity (Wildman–Crippen MR) is 104 cm³/mol. The number of hydrogen-bond acceptors (Lipinski definition) is 2. The van der Waals surface area contributed by atoms with E-state index in [1.807, 2.05) is 14.1 Å². The Morgan fingerprint density at radius 1 is 1.14 bits per heavy atom. The molecule has 5 heteroatoms. The Balaban J connectivity index is 0.00000400. The first-order chi connectivity index (χ1) is 9.63. The van der Waals surface area contributed by atoms with E-state index < -0.39 is 0 Å². The van der Waals surface area contributed by atoms with Crippen molar-refractivity contribution in [2.24, 2.45) is 10.7 Å². The first kappa shape index (κ1) is 20.0. The number of nitrogens with one attached hydrogen (secondary N) is 1. The minimum absolute atomic E-state index is 0. The van der Waals surface area contributed by atoms with Crippen molar-refractivity contribution in [3.8, 4) is 0 Å². The fourth-order valence-electron chi connectivity index (χ4n) is 1.90.